The van der Waals surface area contributed by atoms with Crippen molar-refractivity contribution in [1.82, 2.24) is 5.32 Å². The van der Waals surface area contributed by atoms with E-state index < -0.39 is 31.0 Å². The zero-order valence-electron chi connectivity index (χ0n) is 9.39. The molecule has 104 valence electrons. The van der Waals surface area contributed by atoms with Crippen LogP contribution in [-0.4, -0.2) is 74.5 Å². The van der Waals surface area contributed by atoms with Crippen LogP contribution in [0.1, 0.15) is 0 Å². The van der Waals surface area contributed by atoms with Gasteiger partial charge in [0.2, 0.25) is 0 Å². The molecule has 0 spiro atoms. The summed E-state index contributed by atoms with van der Waals surface area (Å²) in [5, 5.41) is 47.5. The van der Waals surface area contributed by atoms with Crippen molar-refractivity contribution >= 4 is 29.2 Å². The van der Waals surface area contributed by atoms with Crippen LogP contribution in [0.5, 0.6) is 0 Å². The predicted molar refractivity (Wildman–Crippen MR) is 70.8 cm³/mol. The van der Waals surface area contributed by atoms with E-state index in [0.29, 0.717) is 0 Å². The average Bonchev–Trinajstić information content (AvgIpc) is 2.25. The molecule has 0 saturated carbocycles. The molecule has 0 aliphatic heterocycles. The van der Waals surface area contributed by atoms with Crippen LogP contribution in [0, 0.1) is 0 Å². The van der Waals surface area contributed by atoms with E-state index in [0.717, 1.165) is 0 Å². The molecule has 0 heterocycles. The van der Waals surface area contributed by atoms with E-state index in [1.54, 1.807) is 7.05 Å². The van der Waals surface area contributed by atoms with E-state index in [9.17, 15) is 5.11 Å². The Morgan fingerprint density at radius 1 is 1.24 bits per heavy atom. The molecule has 0 saturated heterocycles. The van der Waals surface area contributed by atoms with Gasteiger partial charge in [0, 0.05) is 6.54 Å². The van der Waals surface area contributed by atoms with Gasteiger partial charge >= 0.3 is 0 Å². The van der Waals surface area contributed by atoms with Gasteiger partial charge in [-0.3, -0.25) is 0 Å². The van der Waals surface area contributed by atoms with Crippen molar-refractivity contribution in [3.8, 4) is 0 Å². The van der Waals surface area contributed by atoms with Gasteiger partial charge in [0.05, 0.1) is 12.7 Å². The second-order valence-corrected chi connectivity index (χ2v) is 4.42. The Morgan fingerprint density at radius 2 is 1.59 bits per heavy atom. The van der Waals surface area contributed by atoms with Crippen molar-refractivity contribution in [2.24, 2.45) is 5.73 Å². The van der Waals surface area contributed by atoms with Crippen molar-refractivity contribution in [1.29, 1.82) is 0 Å². The molecule has 0 aromatic rings. The largest absolute Gasteiger partial charge is 0.394 e. The van der Waals surface area contributed by atoms with Gasteiger partial charge in [0.1, 0.15) is 22.6 Å². The van der Waals surface area contributed by atoms with Crippen LogP contribution >= 0.6 is 24.8 Å². The van der Waals surface area contributed by atoms with Gasteiger partial charge in [-0.05, 0) is 7.05 Å². The normalized spacial score (nSPS) is 17.4. The summed E-state index contributed by atoms with van der Waals surface area (Å²) < 4.78 is 0.194. The molecule has 9 heteroatoms. The molecule has 0 fully saturated rings. The molecular formula is C8H20N2O5S2. The van der Waals surface area contributed by atoms with Crippen LogP contribution in [0.4, 0.5) is 0 Å². The Hall–Kier alpha value is -0.000000000000000111. The molecule has 0 aliphatic rings. The van der Waals surface area contributed by atoms with E-state index in [2.05, 4.69) is 30.2 Å². The Kier molecular flexibility index (Phi) is 12.6. The van der Waals surface area contributed by atoms with Crippen LogP contribution in [0.25, 0.3) is 0 Å². The number of hydrogen-bond donors (Lipinski definition) is 8. The van der Waals surface area contributed by atoms with Crippen molar-refractivity contribution < 1.29 is 25.5 Å². The number of nitrogens with one attached hydrogen (secondary N) is 1. The van der Waals surface area contributed by atoms with Gasteiger partial charge in [-0.15, -0.1) is 12.6 Å². The second-order valence-electron chi connectivity index (χ2n) is 3.19. The molecule has 0 aliphatic carbocycles. The quantitative estimate of drug-likeness (QED) is 0.189. The maximum atomic E-state index is 9.21. The van der Waals surface area contributed by atoms with Crippen LogP contribution in [0.2, 0.25) is 0 Å². The van der Waals surface area contributed by atoms with Gasteiger partial charge in [0.15, 0.2) is 0 Å². The Labute approximate surface area is 111 Å². The van der Waals surface area contributed by atoms with Crippen molar-refractivity contribution in [2.45, 2.75) is 24.4 Å². The first kappa shape index (κ1) is 19.3. The number of likely N-dealkylation sites (N-methyl/N-ethyl adjacent to an activating group) is 1. The summed E-state index contributed by atoms with van der Waals surface area (Å²) in [6.07, 6.45) is -5.65. The molecule has 0 aromatic heterocycles. The fourth-order valence-corrected chi connectivity index (χ4v) is 0.893. The SMILES string of the molecule is CNC[C@H](O)[C@@H](O)[C@H](O)[C@H](O)CO.NC(=S)S. The Bertz CT molecular complexity index is 206. The maximum absolute atomic E-state index is 9.21. The smallest absolute Gasteiger partial charge is 0.128 e. The number of rotatable bonds is 6. The molecule has 8 N–H and O–H groups in total. The summed E-state index contributed by atoms with van der Waals surface area (Å²) in [6, 6.07) is 0. The first-order valence-corrected chi connectivity index (χ1v) is 5.59. The molecule has 7 nitrogen and oxygen atoms in total. The van der Waals surface area contributed by atoms with Crippen LogP contribution < -0.4 is 11.1 Å². The fourth-order valence-electron chi connectivity index (χ4n) is 0.893. The molecule has 0 amide bonds. The zero-order valence-corrected chi connectivity index (χ0v) is 11.1. The average molecular weight is 288 g/mol. The number of aliphatic hydroxyl groups excluding tert-OH is 5. The minimum atomic E-state index is -1.55. The molecule has 0 rings (SSSR count). The highest BCUT2D eigenvalue weighted by molar-refractivity contribution is 8.10. The highest BCUT2D eigenvalue weighted by Gasteiger charge is 2.29. The number of hydrogen-bond acceptors (Lipinski definition) is 7. The van der Waals surface area contributed by atoms with Crippen LogP contribution in [0.15, 0.2) is 0 Å². The summed E-state index contributed by atoms with van der Waals surface area (Å²) in [7, 11) is 1.57. The van der Waals surface area contributed by atoms with Crippen molar-refractivity contribution in [2.75, 3.05) is 20.2 Å². The fraction of sp³-hybridized carbons (Fsp3) is 0.875. The van der Waals surface area contributed by atoms with Gasteiger partial charge in [-0.1, -0.05) is 12.2 Å². The molecule has 0 aromatic carbocycles. The lowest BCUT2D eigenvalue weighted by Gasteiger charge is -2.25. The molecule has 0 radical (unpaired) electrons. The topological polar surface area (TPSA) is 139 Å². The zero-order chi connectivity index (χ0) is 14.0. The minimum Gasteiger partial charge on any atom is -0.394 e. The first-order chi connectivity index (χ1) is 7.77. The third kappa shape index (κ3) is 10.9. The van der Waals surface area contributed by atoms with E-state index in [4.69, 9.17) is 26.2 Å². The first-order valence-electron chi connectivity index (χ1n) is 4.74. The summed E-state index contributed by atoms with van der Waals surface area (Å²) in [4.78, 5) is 0. The summed E-state index contributed by atoms with van der Waals surface area (Å²) in [6.45, 7) is -0.569. The molecular weight excluding hydrogens is 268 g/mol. The number of thiol groups is 1. The van der Waals surface area contributed by atoms with Crippen LogP contribution in [-0.2, 0) is 0 Å². The molecule has 17 heavy (non-hydrogen) atoms. The minimum absolute atomic E-state index is 0.0936. The lowest BCUT2D eigenvalue weighted by molar-refractivity contribution is -0.113. The third-order valence-corrected chi connectivity index (χ3v) is 1.74. The van der Waals surface area contributed by atoms with E-state index in [-0.39, 0.29) is 10.9 Å². The molecule has 0 bridgehead atoms. The van der Waals surface area contributed by atoms with Gasteiger partial charge in [-0.25, -0.2) is 0 Å². The summed E-state index contributed by atoms with van der Waals surface area (Å²) in [5.41, 5.74) is 4.71. The summed E-state index contributed by atoms with van der Waals surface area (Å²) in [5.74, 6) is 0. The van der Waals surface area contributed by atoms with Gasteiger partial charge in [0.25, 0.3) is 0 Å². The molecule has 4 atom stereocenters. The second kappa shape index (κ2) is 11.1. The monoisotopic (exact) mass is 288 g/mol. The van der Waals surface area contributed by atoms with Crippen molar-refractivity contribution in [3.63, 3.8) is 0 Å². The highest BCUT2D eigenvalue weighted by Crippen LogP contribution is 2.04. The van der Waals surface area contributed by atoms with Gasteiger partial charge in [-0.2, -0.15) is 0 Å². The highest BCUT2D eigenvalue weighted by atomic mass is 32.1. The maximum Gasteiger partial charge on any atom is 0.128 e. The third-order valence-electron chi connectivity index (χ3n) is 1.74. The predicted octanol–water partition coefficient (Wildman–Crippen LogP) is -3.20. The lowest BCUT2D eigenvalue weighted by Crippen LogP contribution is -2.48. The van der Waals surface area contributed by atoms with Crippen molar-refractivity contribution in [3.05, 3.63) is 0 Å². The number of aliphatic hydroxyl groups is 5. The lowest BCUT2D eigenvalue weighted by atomic mass is 10.0. The Balaban J connectivity index is 0. The number of thiocarbonyl (C=S) groups is 1. The van der Waals surface area contributed by atoms with E-state index in [1.165, 1.54) is 0 Å². The van der Waals surface area contributed by atoms with E-state index >= 15 is 0 Å². The van der Waals surface area contributed by atoms with Gasteiger partial charge < -0.3 is 36.6 Å². The molecule has 0 unspecified atom stereocenters. The van der Waals surface area contributed by atoms with Crippen LogP contribution in [0.3, 0.4) is 0 Å². The Morgan fingerprint density at radius 3 is 1.88 bits per heavy atom. The standard InChI is InChI=1S/C7H17NO5.CH3NS2/c1-8-2-4(10)6(12)7(13)5(11)3-9;2-1(3)4/h4-13H,2-3H2,1H3;(H3,2,3,4)/t4-,5+,6+,7+;/m0./s1. The number of nitrogens with two attached hydrogens (primary N) is 1. The summed E-state index contributed by atoms with van der Waals surface area (Å²) >= 11 is 7.65. The van der Waals surface area contributed by atoms with E-state index in [1.807, 2.05) is 0 Å².